The Bertz CT molecular complexity index is 582. The molecule has 3 rings (SSSR count). The van der Waals surface area contributed by atoms with Gasteiger partial charge < -0.3 is 19.7 Å². The Morgan fingerprint density at radius 3 is 2.84 bits per heavy atom. The van der Waals surface area contributed by atoms with Gasteiger partial charge in [-0.3, -0.25) is 4.79 Å². The Balaban J connectivity index is 1.72. The van der Waals surface area contributed by atoms with Crippen LogP contribution in [0.15, 0.2) is 24.3 Å². The second-order valence-corrected chi connectivity index (χ2v) is 7.23. The first-order valence-electron chi connectivity index (χ1n) is 9.44. The number of amides is 1. The molecule has 1 spiro atoms. The number of benzene rings is 1. The fraction of sp³-hybridized carbons (Fsp3) is 0.650. The van der Waals surface area contributed by atoms with Crippen molar-refractivity contribution in [2.45, 2.75) is 50.7 Å². The fourth-order valence-corrected chi connectivity index (χ4v) is 3.95. The highest BCUT2D eigenvalue weighted by Gasteiger charge is 2.43. The maximum atomic E-state index is 12.2. The number of nitrogens with one attached hydrogen (secondary N) is 1. The van der Waals surface area contributed by atoms with E-state index >= 15 is 0 Å². The highest BCUT2D eigenvalue weighted by Crippen LogP contribution is 2.44. The molecule has 0 radical (unpaired) electrons. The van der Waals surface area contributed by atoms with E-state index in [1.807, 2.05) is 25.1 Å². The van der Waals surface area contributed by atoms with E-state index in [2.05, 4.69) is 16.3 Å². The first kappa shape index (κ1) is 18.2. The molecule has 5 heteroatoms. The van der Waals surface area contributed by atoms with Gasteiger partial charge in [0.25, 0.3) is 0 Å². The van der Waals surface area contributed by atoms with E-state index < -0.39 is 0 Å². The van der Waals surface area contributed by atoms with Gasteiger partial charge in [0.15, 0.2) is 0 Å². The zero-order valence-electron chi connectivity index (χ0n) is 15.4. The molecule has 0 bridgehead atoms. The van der Waals surface area contributed by atoms with Crippen LogP contribution in [-0.2, 0) is 9.53 Å². The number of piperidine rings is 1. The maximum absolute atomic E-state index is 12.2. The van der Waals surface area contributed by atoms with Gasteiger partial charge >= 0.3 is 0 Å². The Morgan fingerprint density at radius 2 is 2.12 bits per heavy atom. The molecule has 2 aliphatic heterocycles. The molecule has 0 unspecified atom stereocenters. The van der Waals surface area contributed by atoms with E-state index in [0.717, 1.165) is 63.2 Å². The zero-order chi connectivity index (χ0) is 17.7. The average molecular weight is 346 g/mol. The number of fused-ring (bicyclic) bond motifs is 1. The smallest absolute Gasteiger partial charge is 0.220 e. The maximum Gasteiger partial charge on any atom is 0.220 e. The summed E-state index contributed by atoms with van der Waals surface area (Å²) in [7, 11) is 1.75. The van der Waals surface area contributed by atoms with Gasteiger partial charge in [0.1, 0.15) is 11.4 Å². The summed E-state index contributed by atoms with van der Waals surface area (Å²) >= 11 is 0. The van der Waals surface area contributed by atoms with Crippen LogP contribution in [0.25, 0.3) is 0 Å². The number of hydrogen-bond donors (Lipinski definition) is 1. The molecule has 1 N–H and O–H groups in total. The Morgan fingerprint density at radius 1 is 1.36 bits per heavy atom. The van der Waals surface area contributed by atoms with Crippen molar-refractivity contribution in [1.29, 1.82) is 0 Å². The van der Waals surface area contributed by atoms with Crippen LogP contribution >= 0.6 is 0 Å². The van der Waals surface area contributed by atoms with Crippen molar-refractivity contribution in [3.05, 3.63) is 29.8 Å². The van der Waals surface area contributed by atoms with Crippen LogP contribution in [0, 0.1) is 0 Å². The second kappa shape index (κ2) is 8.19. The fourth-order valence-electron chi connectivity index (χ4n) is 3.95. The first-order valence-corrected chi connectivity index (χ1v) is 9.44. The molecule has 138 valence electrons. The summed E-state index contributed by atoms with van der Waals surface area (Å²) in [5.74, 6) is 1.07. The predicted molar refractivity (Wildman–Crippen MR) is 97.8 cm³/mol. The summed E-state index contributed by atoms with van der Waals surface area (Å²) < 4.78 is 11.7. The van der Waals surface area contributed by atoms with Gasteiger partial charge in [0.05, 0.1) is 12.6 Å². The third-order valence-corrected chi connectivity index (χ3v) is 5.39. The van der Waals surface area contributed by atoms with Crippen LogP contribution in [0.2, 0.25) is 0 Å². The van der Waals surface area contributed by atoms with Crippen molar-refractivity contribution in [3.63, 3.8) is 0 Å². The molecule has 2 heterocycles. The molecule has 0 saturated carbocycles. The van der Waals surface area contributed by atoms with Crippen LogP contribution in [-0.4, -0.2) is 49.8 Å². The average Bonchev–Trinajstić information content (AvgIpc) is 2.61. The molecule has 1 aromatic rings. The summed E-state index contributed by atoms with van der Waals surface area (Å²) in [6, 6.07) is 8.19. The number of carbonyl (C=O) groups excluding carboxylic acids is 1. The SMILES string of the molecule is CCCC(=O)N[C@@H]1CC2(CCN(CCOC)CC2)Oc2ccccc21. The van der Waals surface area contributed by atoms with Gasteiger partial charge in [-0.25, -0.2) is 0 Å². The Labute approximate surface area is 150 Å². The number of carbonyl (C=O) groups is 1. The minimum atomic E-state index is -0.165. The number of nitrogens with zero attached hydrogens (tertiary/aromatic N) is 1. The van der Waals surface area contributed by atoms with E-state index in [-0.39, 0.29) is 17.6 Å². The molecular weight excluding hydrogens is 316 g/mol. The summed E-state index contributed by atoms with van der Waals surface area (Å²) in [6.45, 7) is 5.81. The number of ether oxygens (including phenoxy) is 2. The van der Waals surface area contributed by atoms with Gasteiger partial charge in [0.2, 0.25) is 5.91 Å². The monoisotopic (exact) mass is 346 g/mol. The quantitative estimate of drug-likeness (QED) is 0.860. The molecule has 5 nitrogen and oxygen atoms in total. The minimum absolute atomic E-state index is 0.0505. The van der Waals surface area contributed by atoms with Crippen molar-refractivity contribution in [2.75, 3.05) is 33.4 Å². The van der Waals surface area contributed by atoms with Gasteiger partial charge in [0, 0.05) is 45.1 Å². The molecule has 1 atom stereocenters. The summed E-state index contributed by atoms with van der Waals surface area (Å²) in [5, 5.41) is 3.24. The second-order valence-electron chi connectivity index (χ2n) is 7.23. The lowest BCUT2D eigenvalue weighted by atomic mass is 9.80. The standard InChI is InChI=1S/C20H30N2O3/c1-3-6-19(23)21-17-15-20(25-18-8-5-4-7-16(17)18)9-11-22(12-10-20)13-14-24-2/h4-5,7-8,17H,3,6,9-15H2,1-2H3,(H,21,23)/t17-/m1/s1. The third-order valence-electron chi connectivity index (χ3n) is 5.39. The van der Waals surface area contributed by atoms with E-state index in [0.29, 0.717) is 6.42 Å². The summed E-state index contributed by atoms with van der Waals surface area (Å²) in [6.07, 6.45) is 4.29. The van der Waals surface area contributed by atoms with Crippen molar-refractivity contribution in [1.82, 2.24) is 10.2 Å². The number of methoxy groups -OCH3 is 1. The van der Waals surface area contributed by atoms with Gasteiger partial charge in [-0.1, -0.05) is 25.1 Å². The normalized spacial score (nSPS) is 22.2. The lowest BCUT2D eigenvalue weighted by Gasteiger charge is -2.47. The lowest BCUT2D eigenvalue weighted by molar-refractivity contribution is -0.122. The molecule has 2 aliphatic rings. The Hall–Kier alpha value is -1.59. The molecular formula is C20H30N2O3. The van der Waals surface area contributed by atoms with E-state index in [4.69, 9.17) is 9.47 Å². The number of likely N-dealkylation sites (tertiary alicyclic amines) is 1. The number of para-hydroxylation sites is 1. The van der Waals surface area contributed by atoms with Crippen LogP contribution < -0.4 is 10.1 Å². The zero-order valence-corrected chi connectivity index (χ0v) is 15.4. The van der Waals surface area contributed by atoms with Crippen LogP contribution in [0.4, 0.5) is 0 Å². The topological polar surface area (TPSA) is 50.8 Å². The van der Waals surface area contributed by atoms with E-state index in [9.17, 15) is 4.79 Å². The molecule has 1 amide bonds. The minimum Gasteiger partial charge on any atom is -0.487 e. The Kier molecular flexibility index (Phi) is 5.97. The van der Waals surface area contributed by atoms with Crippen molar-refractivity contribution < 1.29 is 14.3 Å². The summed E-state index contributed by atoms with van der Waals surface area (Å²) in [5.41, 5.74) is 0.946. The molecule has 1 aromatic carbocycles. The number of rotatable bonds is 6. The number of hydrogen-bond acceptors (Lipinski definition) is 4. The van der Waals surface area contributed by atoms with Crippen molar-refractivity contribution >= 4 is 5.91 Å². The first-order chi connectivity index (χ1) is 12.2. The van der Waals surface area contributed by atoms with Crippen LogP contribution in [0.1, 0.15) is 50.6 Å². The van der Waals surface area contributed by atoms with E-state index in [1.54, 1.807) is 7.11 Å². The highest BCUT2D eigenvalue weighted by molar-refractivity contribution is 5.76. The molecule has 1 fully saturated rings. The van der Waals surface area contributed by atoms with Crippen molar-refractivity contribution in [2.24, 2.45) is 0 Å². The van der Waals surface area contributed by atoms with Crippen LogP contribution in [0.3, 0.4) is 0 Å². The van der Waals surface area contributed by atoms with Crippen molar-refractivity contribution in [3.8, 4) is 5.75 Å². The highest BCUT2D eigenvalue weighted by atomic mass is 16.5. The van der Waals surface area contributed by atoms with Gasteiger partial charge in [-0.05, 0) is 25.3 Å². The predicted octanol–water partition coefficient (Wildman–Crippen LogP) is 2.91. The van der Waals surface area contributed by atoms with Gasteiger partial charge in [-0.2, -0.15) is 0 Å². The molecule has 1 saturated heterocycles. The van der Waals surface area contributed by atoms with Crippen LogP contribution in [0.5, 0.6) is 5.75 Å². The largest absolute Gasteiger partial charge is 0.487 e. The van der Waals surface area contributed by atoms with E-state index in [1.165, 1.54) is 0 Å². The molecule has 0 aliphatic carbocycles. The molecule has 25 heavy (non-hydrogen) atoms. The molecule has 0 aromatic heterocycles. The lowest BCUT2D eigenvalue weighted by Crippen LogP contribution is -2.52. The summed E-state index contributed by atoms with van der Waals surface area (Å²) in [4.78, 5) is 14.6. The third kappa shape index (κ3) is 4.33. The van der Waals surface area contributed by atoms with Gasteiger partial charge in [-0.15, -0.1) is 0 Å².